The lowest BCUT2D eigenvalue weighted by atomic mass is 10.1. The molecule has 156 valence electrons. The fourth-order valence-corrected chi connectivity index (χ4v) is 3.01. The molecule has 5 heteroatoms. The lowest BCUT2D eigenvalue weighted by molar-refractivity contribution is 0.0773. The van der Waals surface area contributed by atoms with Gasteiger partial charge in [0, 0.05) is 29.9 Å². The highest BCUT2D eigenvalue weighted by Crippen LogP contribution is 2.16. The van der Waals surface area contributed by atoms with Crippen LogP contribution in [0.1, 0.15) is 67.2 Å². The summed E-state index contributed by atoms with van der Waals surface area (Å²) in [6.45, 7) is 8.14. The van der Waals surface area contributed by atoms with Crippen molar-refractivity contribution in [3.63, 3.8) is 0 Å². The van der Waals surface area contributed by atoms with Crippen LogP contribution in [0.5, 0.6) is 5.75 Å². The third-order valence-corrected chi connectivity index (χ3v) is 4.82. The van der Waals surface area contributed by atoms with Crippen LogP contribution < -0.4 is 10.1 Å². The smallest absolute Gasteiger partial charge is 0.255 e. The van der Waals surface area contributed by atoms with Crippen molar-refractivity contribution in [2.45, 2.75) is 46.5 Å². The Morgan fingerprint density at radius 3 is 2.03 bits per heavy atom. The van der Waals surface area contributed by atoms with Crippen molar-refractivity contribution < 1.29 is 14.3 Å². The Bertz CT molecular complexity index is 766. The number of carbonyl (C=O) groups excluding carboxylic acids is 2. The molecule has 0 aliphatic rings. The van der Waals surface area contributed by atoms with Gasteiger partial charge in [0.25, 0.3) is 11.8 Å². The first-order chi connectivity index (χ1) is 14.1. The molecule has 0 aromatic heterocycles. The average molecular weight is 397 g/mol. The standard InChI is InChI=1S/C24H32N2O3/c1-4-7-8-9-18-29-22-16-12-19(13-17-22)23(27)25-21-14-10-20(11-15-21)24(28)26(5-2)6-3/h10-17H,4-9,18H2,1-3H3,(H,25,27). The molecule has 1 N–H and O–H groups in total. The number of hydrogen-bond donors (Lipinski definition) is 1. The van der Waals surface area contributed by atoms with Gasteiger partial charge in [-0.1, -0.05) is 26.2 Å². The third kappa shape index (κ3) is 6.93. The molecule has 0 fully saturated rings. The average Bonchev–Trinajstić information content (AvgIpc) is 2.75. The van der Waals surface area contributed by atoms with E-state index in [4.69, 9.17) is 4.74 Å². The zero-order valence-electron chi connectivity index (χ0n) is 17.7. The van der Waals surface area contributed by atoms with E-state index in [1.54, 1.807) is 41.3 Å². The number of carbonyl (C=O) groups is 2. The van der Waals surface area contributed by atoms with Gasteiger partial charge in [-0.15, -0.1) is 0 Å². The van der Waals surface area contributed by atoms with E-state index in [-0.39, 0.29) is 11.8 Å². The molecule has 0 unspecified atom stereocenters. The molecular formula is C24H32N2O3. The van der Waals surface area contributed by atoms with Gasteiger partial charge in [-0.05, 0) is 68.8 Å². The van der Waals surface area contributed by atoms with Gasteiger partial charge in [0.05, 0.1) is 6.61 Å². The Labute approximate surface area is 174 Å². The normalized spacial score (nSPS) is 10.4. The van der Waals surface area contributed by atoms with Crippen molar-refractivity contribution >= 4 is 17.5 Å². The number of unbranched alkanes of at least 4 members (excludes halogenated alkanes) is 3. The molecule has 0 spiro atoms. The molecule has 2 aromatic rings. The predicted molar refractivity (Wildman–Crippen MR) is 118 cm³/mol. The van der Waals surface area contributed by atoms with Crippen LogP contribution in [0.15, 0.2) is 48.5 Å². The van der Waals surface area contributed by atoms with E-state index in [9.17, 15) is 9.59 Å². The summed E-state index contributed by atoms with van der Waals surface area (Å²) in [5.74, 6) is 0.581. The number of hydrogen-bond acceptors (Lipinski definition) is 3. The minimum Gasteiger partial charge on any atom is -0.494 e. The minimum atomic E-state index is -0.192. The van der Waals surface area contributed by atoms with E-state index in [1.807, 2.05) is 26.0 Å². The summed E-state index contributed by atoms with van der Waals surface area (Å²) in [5, 5.41) is 2.86. The van der Waals surface area contributed by atoms with Gasteiger partial charge in [0.15, 0.2) is 0 Å². The number of amides is 2. The zero-order valence-corrected chi connectivity index (χ0v) is 17.7. The number of rotatable bonds is 11. The number of nitrogens with one attached hydrogen (secondary N) is 1. The van der Waals surface area contributed by atoms with Crippen molar-refractivity contribution in [1.82, 2.24) is 4.90 Å². The van der Waals surface area contributed by atoms with E-state index in [0.717, 1.165) is 12.2 Å². The van der Waals surface area contributed by atoms with E-state index in [1.165, 1.54) is 19.3 Å². The first kappa shape index (κ1) is 22.5. The number of ether oxygens (including phenoxy) is 1. The first-order valence-corrected chi connectivity index (χ1v) is 10.5. The van der Waals surface area contributed by atoms with Gasteiger partial charge >= 0.3 is 0 Å². The molecule has 2 amide bonds. The SMILES string of the molecule is CCCCCCOc1ccc(C(=O)Nc2ccc(C(=O)N(CC)CC)cc2)cc1. The van der Waals surface area contributed by atoms with Crippen molar-refractivity contribution in [3.8, 4) is 5.75 Å². The fourth-order valence-electron chi connectivity index (χ4n) is 3.01. The summed E-state index contributed by atoms with van der Waals surface area (Å²) in [7, 11) is 0. The molecule has 0 heterocycles. The van der Waals surface area contributed by atoms with Crippen LogP contribution in [0.2, 0.25) is 0 Å². The van der Waals surface area contributed by atoms with Crippen LogP contribution in [0.25, 0.3) is 0 Å². The molecular weight excluding hydrogens is 364 g/mol. The van der Waals surface area contributed by atoms with Crippen LogP contribution in [0.3, 0.4) is 0 Å². The second kappa shape index (κ2) is 11.9. The van der Waals surface area contributed by atoms with E-state index in [0.29, 0.717) is 36.5 Å². The Kier molecular flexibility index (Phi) is 9.22. The van der Waals surface area contributed by atoms with E-state index in [2.05, 4.69) is 12.2 Å². The molecule has 0 aliphatic carbocycles. The summed E-state index contributed by atoms with van der Waals surface area (Å²) in [5.41, 5.74) is 1.83. The Morgan fingerprint density at radius 2 is 1.45 bits per heavy atom. The predicted octanol–water partition coefficient (Wildman–Crippen LogP) is 5.38. The molecule has 0 aliphatic heterocycles. The molecule has 2 rings (SSSR count). The second-order valence-corrected chi connectivity index (χ2v) is 6.94. The highest BCUT2D eigenvalue weighted by Gasteiger charge is 2.12. The number of anilines is 1. The first-order valence-electron chi connectivity index (χ1n) is 10.5. The van der Waals surface area contributed by atoms with Crippen LogP contribution in [0, 0.1) is 0 Å². The van der Waals surface area contributed by atoms with Gasteiger partial charge in [0.2, 0.25) is 0 Å². The fraction of sp³-hybridized carbons (Fsp3) is 0.417. The summed E-state index contributed by atoms with van der Waals surface area (Å²) < 4.78 is 5.71. The van der Waals surface area contributed by atoms with Gasteiger partial charge in [-0.3, -0.25) is 9.59 Å². The summed E-state index contributed by atoms with van der Waals surface area (Å²) in [6.07, 6.45) is 4.66. The maximum Gasteiger partial charge on any atom is 0.255 e. The summed E-state index contributed by atoms with van der Waals surface area (Å²) in [6, 6.07) is 14.1. The largest absolute Gasteiger partial charge is 0.494 e. The molecule has 0 radical (unpaired) electrons. The minimum absolute atomic E-state index is 0.00170. The van der Waals surface area contributed by atoms with Gasteiger partial charge in [-0.2, -0.15) is 0 Å². The van der Waals surface area contributed by atoms with Crippen LogP contribution in [-0.4, -0.2) is 36.4 Å². The van der Waals surface area contributed by atoms with E-state index < -0.39 is 0 Å². The van der Waals surface area contributed by atoms with Crippen LogP contribution >= 0.6 is 0 Å². The monoisotopic (exact) mass is 396 g/mol. The van der Waals surface area contributed by atoms with Crippen molar-refractivity contribution in [2.24, 2.45) is 0 Å². The van der Waals surface area contributed by atoms with Gasteiger partial charge < -0.3 is 15.0 Å². The maximum atomic E-state index is 12.5. The molecule has 0 bridgehead atoms. The number of benzene rings is 2. The molecule has 29 heavy (non-hydrogen) atoms. The zero-order chi connectivity index (χ0) is 21.1. The molecule has 0 atom stereocenters. The second-order valence-electron chi connectivity index (χ2n) is 6.94. The summed E-state index contributed by atoms with van der Waals surface area (Å²) >= 11 is 0. The van der Waals surface area contributed by atoms with Crippen molar-refractivity contribution in [3.05, 3.63) is 59.7 Å². The van der Waals surface area contributed by atoms with Crippen LogP contribution in [-0.2, 0) is 0 Å². The molecule has 2 aromatic carbocycles. The quantitative estimate of drug-likeness (QED) is 0.519. The van der Waals surface area contributed by atoms with Crippen LogP contribution in [0.4, 0.5) is 5.69 Å². The lowest BCUT2D eigenvalue weighted by Gasteiger charge is -2.18. The molecule has 0 saturated heterocycles. The van der Waals surface area contributed by atoms with Crippen molar-refractivity contribution in [1.29, 1.82) is 0 Å². The third-order valence-electron chi connectivity index (χ3n) is 4.82. The Hall–Kier alpha value is -2.82. The summed E-state index contributed by atoms with van der Waals surface area (Å²) in [4.78, 5) is 26.6. The Balaban J connectivity index is 1.88. The topological polar surface area (TPSA) is 58.6 Å². The van der Waals surface area contributed by atoms with Crippen molar-refractivity contribution in [2.75, 3.05) is 25.0 Å². The highest BCUT2D eigenvalue weighted by atomic mass is 16.5. The van der Waals surface area contributed by atoms with E-state index >= 15 is 0 Å². The molecule has 5 nitrogen and oxygen atoms in total. The number of nitrogens with zero attached hydrogens (tertiary/aromatic N) is 1. The van der Waals surface area contributed by atoms with Gasteiger partial charge in [-0.25, -0.2) is 0 Å². The molecule has 0 saturated carbocycles. The lowest BCUT2D eigenvalue weighted by Crippen LogP contribution is -2.30. The van der Waals surface area contributed by atoms with Gasteiger partial charge in [0.1, 0.15) is 5.75 Å². The Morgan fingerprint density at radius 1 is 0.828 bits per heavy atom. The maximum absolute atomic E-state index is 12.5. The highest BCUT2D eigenvalue weighted by molar-refractivity contribution is 6.04.